The maximum absolute atomic E-state index is 11.6. The SMILES string of the molecule is C[C@@H](NC(=O)CN1CCCCCC1=O)C(=O)O. The molecule has 1 fully saturated rings. The summed E-state index contributed by atoms with van der Waals surface area (Å²) >= 11 is 0. The summed E-state index contributed by atoms with van der Waals surface area (Å²) in [7, 11) is 0. The van der Waals surface area contributed by atoms with Gasteiger partial charge < -0.3 is 15.3 Å². The second-order valence-corrected chi connectivity index (χ2v) is 4.25. The van der Waals surface area contributed by atoms with Gasteiger partial charge in [-0.15, -0.1) is 0 Å². The van der Waals surface area contributed by atoms with Crippen molar-refractivity contribution in [2.24, 2.45) is 0 Å². The summed E-state index contributed by atoms with van der Waals surface area (Å²) < 4.78 is 0. The number of rotatable bonds is 4. The lowest BCUT2D eigenvalue weighted by atomic mass is 10.2. The minimum Gasteiger partial charge on any atom is -0.480 e. The van der Waals surface area contributed by atoms with Crippen LogP contribution in [0.2, 0.25) is 0 Å². The monoisotopic (exact) mass is 242 g/mol. The Bertz CT molecular complexity index is 317. The van der Waals surface area contributed by atoms with Crippen LogP contribution in [0.15, 0.2) is 0 Å². The Kier molecular flexibility index (Phi) is 4.93. The molecular weight excluding hydrogens is 224 g/mol. The highest BCUT2D eigenvalue weighted by molar-refractivity contribution is 5.87. The van der Waals surface area contributed by atoms with Gasteiger partial charge in [0.25, 0.3) is 0 Å². The van der Waals surface area contributed by atoms with Gasteiger partial charge >= 0.3 is 5.97 Å². The van der Waals surface area contributed by atoms with Gasteiger partial charge in [-0.3, -0.25) is 14.4 Å². The maximum Gasteiger partial charge on any atom is 0.325 e. The van der Waals surface area contributed by atoms with Gasteiger partial charge in [0.15, 0.2) is 0 Å². The molecule has 2 N–H and O–H groups in total. The zero-order valence-electron chi connectivity index (χ0n) is 9.94. The highest BCUT2D eigenvalue weighted by atomic mass is 16.4. The fourth-order valence-corrected chi connectivity index (χ4v) is 1.73. The highest BCUT2D eigenvalue weighted by Gasteiger charge is 2.21. The number of nitrogens with zero attached hydrogens (tertiary/aromatic N) is 1. The van der Waals surface area contributed by atoms with Gasteiger partial charge in [0.1, 0.15) is 6.04 Å². The van der Waals surface area contributed by atoms with E-state index >= 15 is 0 Å². The molecule has 1 saturated heterocycles. The van der Waals surface area contributed by atoms with E-state index in [-0.39, 0.29) is 12.5 Å². The van der Waals surface area contributed by atoms with Crippen molar-refractivity contribution in [1.29, 1.82) is 0 Å². The van der Waals surface area contributed by atoms with E-state index in [1.807, 2.05) is 0 Å². The summed E-state index contributed by atoms with van der Waals surface area (Å²) in [6, 6.07) is -0.926. The van der Waals surface area contributed by atoms with E-state index < -0.39 is 17.9 Å². The Morgan fingerprint density at radius 1 is 1.41 bits per heavy atom. The van der Waals surface area contributed by atoms with Crippen molar-refractivity contribution in [3.8, 4) is 0 Å². The molecule has 0 aromatic heterocycles. The van der Waals surface area contributed by atoms with E-state index in [4.69, 9.17) is 5.11 Å². The van der Waals surface area contributed by atoms with Crippen LogP contribution in [0.3, 0.4) is 0 Å². The molecule has 1 aliphatic rings. The lowest BCUT2D eigenvalue weighted by Crippen LogP contribution is -2.45. The molecule has 0 aromatic rings. The van der Waals surface area contributed by atoms with Crippen LogP contribution in [0.1, 0.15) is 32.6 Å². The van der Waals surface area contributed by atoms with E-state index in [0.717, 1.165) is 19.3 Å². The average Bonchev–Trinajstić information content (AvgIpc) is 2.44. The van der Waals surface area contributed by atoms with Gasteiger partial charge in [0, 0.05) is 13.0 Å². The molecule has 0 bridgehead atoms. The number of carboxylic acid groups (broad SMARTS) is 1. The molecular formula is C11H18N2O4. The molecule has 0 radical (unpaired) electrons. The number of carboxylic acids is 1. The van der Waals surface area contributed by atoms with Crippen LogP contribution in [-0.2, 0) is 14.4 Å². The fraction of sp³-hybridized carbons (Fsp3) is 0.727. The zero-order chi connectivity index (χ0) is 12.8. The Morgan fingerprint density at radius 2 is 2.12 bits per heavy atom. The van der Waals surface area contributed by atoms with E-state index in [9.17, 15) is 14.4 Å². The number of aliphatic carboxylic acids is 1. The number of carbonyl (C=O) groups is 3. The van der Waals surface area contributed by atoms with Crippen LogP contribution in [0, 0.1) is 0 Å². The second kappa shape index (κ2) is 6.22. The summed E-state index contributed by atoms with van der Waals surface area (Å²) in [5.74, 6) is -1.53. The van der Waals surface area contributed by atoms with Gasteiger partial charge in [-0.05, 0) is 19.8 Å². The normalized spacial score (nSPS) is 18.4. The standard InChI is InChI=1S/C11H18N2O4/c1-8(11(16)17)12-9(14)7-13-6-4-2-3-5-10(13)15/h8H,2-7H2,1H3,(H,12,14)(H,16,17)/t8-/m1/s1. The van der Waals surface area contributed by atoms with E-state index in [1.165, 1.54) is 11.8 Å². The molecule has 17 heavy (non-hydrogen) atoms. The third-order valence-corrected chi connectivity index (χ3v) is 2.75. The third-order valence-electron chi connectivity index (χ3n) is 2.75. The maximum atomic E-state index is 11.6. The number of amides is 2. The van der Waals surface area contributed by atoms with E-state index in [2.05, 4.69) is 5.32 Å². The van der Waals surface area contributed by atoms with Crippen molar-refractivity contribution in [3.63, 3.8) is 0 Å². The minimum absolute atomic E-state index is 0.0272. The van der Waals surface area contributed by atoms with Crippen LogP contribution in [-0.4, -0.2) is 46.9 Å². The Balaban J connectivity index is 2.43. The van der Waals surface area contributed by atoms with Crippen LogP contribution in [0.25, 0.3) is 0 Å². The highest BCUT2D eigenvalue weighted by Crippen LogP contribution is 2.10. The van der Waals surface area contributed by atoms with Crippen molar-refractivity contribution < 1.29 is 19.5 Å². The molecule has 0 saturated carbocycles. The van der Waals surface area contributed by atoms with Crippen molar-refractivity contribution in [2.75, 3.05) is 13.1 Å². The number of hydrogen-bond donors (Lipinski definition) is 2. The third kappa shape index (κ3) is 4.42. The number of likely N-dealkylation sites (tertiary alicyclic amines) is 1. The Labute approximate surface area is 100.0 Å². The quantitative estimate of drug-likeness (QED) is 0.725. The largest absolute Gasteiger partial charge is 0.480 e. The molecule has 0 aromatic carbocycles. The summed E-state index contributed by atoms with van der Waals surface area (Å²) in [6.07, 6.45) is 3.23. The van der Waals surface area contributed by atoms with Crippen LogP contribution in [0.5, 0.6) is 0 Å². The molecule has 0 spiro atoms. The first-order valence-corrected chi connectivity index (χ1v) is 5.80. The van der Waals surface area contributed by atoms with Crippen LogP contribution in [0.4, 0.5) is 0 Å². The first-order valence-electron chi connectivity index (χ1n) is 5.80. The van der Waals surface area contributed by atoms with E-state index in [0.29, 0.717) is 13.0 Å². The van der Waals surface area contributed by atoms with Gasteiger partial charge in [0.05, 0.1) is 6.54 Å². The van der Waals surface area contributed by atoms with Crippen LogP contribution < -0.4 is 5.32 Å². The van der Waals surface area contributed by atoms with E-state index in [1.54, 1.807) is 0 Å². The molecule has 96 valence electrons. The minimum atomic E-state index is -1.08. The molecule has 1 rings (SSSR count). The predicted molar refractivity (Wildman–Crippen MR) is 60.3 cm³/mol. The first-order chi connectivity index (χ1) is 8.00. The average molecular weight is 242 g/mol. The van der Waals surface area contributed by atoms with Gasteiger partial charge in [0.2, 0.25) is 11.8 Å². The molecule has 0 aliphatic carbocycles. The van der Waals surface area contributed by atoms with Gasteiger partial charge in [-0.2, -0.15) is 0 Å². The van der Waals surface area contributed by atoms with Crippen molar-refractivity contribution in [1.82, 2.24) is 10.2 Å². The van der Waals surface area contributed by atoms with Gasteiger partial charge in [-0.1, -0.05) is 6.42 Å². The summed E-state index contributed by atoms with van der Waals surface area (Å²) in [6.45, 7) is 1.93. The second-order valence-electron chi connectivity index (χ2n) is 4.25. The van der Waals surface area contributed by atoms with Crippen molar-refractivity contribution >= 4 is 17.8 Å². The van der Waals surface area contributed by atoms with Crippen molar-refractivity contribution in [2.45, 2.75) is 38.6 Å². The predicted octanol–water partition coefficient (Wildman–Crippen LogP) is -0.0217. The molecule has 2 amide bonds. The number of nitrogens with one attached hydrogen (secondary N) is 1. The first kappa shape index (κ1) is 13.5. The lowest BCUT2D eigenvalue weighted by molar-refractivity contribution is -0.142. The Hall–Kier alpha value is -1.59. The Morgan fingerprint density at radius 3 is 2.76 bits per heavy atom. The molecule has 0 unspecified atom stereocenters. The molecule has 1 heterocycles. The smallest absolute Gasteiger partial charge is 0.325 e. The van der Waals surface area contributed by atoms with Crippen molar-refractivity contribution in [3.05, 3.63) is 0 Å². The number of hydrogen-bond acceptors (Lipinski definition) is 3. The molecule has 6 heteroatoms. The summed E-state index contributed by atoms with van der Waals surface area (Å²) in [4.78, 5) is 35.2. The number of carbonyl (C=O) groups excluding carboxylic acids is 2. The topological polar surface area (TPSA) is 86.7 Å². The molecule has 1 aliphatic heterocycles. The summed E-state index contributed by atoms with van der Waals surface area (Å²) in [5.41, 5.74) is 0. The van der Waals surface area contributed by atoms with Gasteiger partial charge in [-0.25, -0.2) is 0 Å². The van der Waals surface area contributed by atoms with Crippen LogP contribution >= 0.6 is 0 Å². The fourth-order valence-electron chi connectivity index (χ4n) is 1.73. The molecule has 6 nitrogen and oxygen atoms in total. The molecule has 1 atom stereocenters. The lowest BCUT2D eigenvalue weighted by Gasteiger charge is -2.20. The summed E-state index contributed by atoms with van der Waals surface area (Å²) in [5, 5.41) is 11.0. The zero-order valence-corrected chi connectivity index (χ0v) is 9.94.